The summed E-state index contributed by atoms with van der Waals surface area (Å²) in [6.07, 6.45) is 6.34. The van der Waals surface area contributed by atoms with Gasteiger partial charge in [0.15, 0.2) is 11.0 Å². The van der Waals surface area contributed by atoms with Gasteiger partial charge in [0.2, 0.25) is 5.91 Å². The molecule has 3 heterocycles. The number of rotatable bonds is 6. The van der Waals surface area contributed by atoms with E-state index in [4.69, 9.17) is 11.6 Å². The normalized spacial score (nSPS) is 16.4. The van der Waals surface area contributed by atoms with Crippen molar-refractivity contribution in [3.8, 4) is 17.1 Å². The molecule has 1 aliphatic rings. The molecule has 1 atom stereocenters. The van der Waals surface area contributed by atoms with Crippen LogP contribution in [0.2, 0.25) is 5.02 Å². The fourth-order valence-corrected chi connectivity index (χ4v) is 5.54. The Morgan fingerprint density at radius 3 is 2.79 bits per heavy atom. The average Bonchev–Trinajstić information content (AvgIpc) is 3.47. The number of aromatic nitrogens is 4. The highest BCUT2D eigenvalue weighted by Gasteiger charge is 2.26. The number of carbonyl (C=O) groups is 1. The lowest BCUT2D eigenvalue weighted by Gasteiger charge is -2.35. The van der Waals surface area contributed by atoms with Gasteiger partial charge in [0, 0.05) is 46.0 Å². The first-order chi connectivity index (χ1) is 16.2. The van der Waals surface area contributed by atoms with Crippen LogP contribution in [0.15, 0.2) is 59.9 Å². The van der Waals surface area contributed by atoms with Gasteiger partial charge in [0.25, 0.3) is 0 Å². The van der Waals surface area contributed by atoms with Crippen LogP contribution >= 0.6 is 23.4 Å². The maximum Gasteiger partial charge on any atom is 0.233 e. The predicted octanol–water partition coefficient (Wildman–Crippen LogP) is 5.95. The largest absolute Gasteiger partial charge is 0.360 e. The third-order valence-electron chi connectivity index (χ3n) is 6.29. The molecule has 0 radical (unpaired) electrons. The summed E-state index contributed by atoms with van der Waals surface area (Å²) in [5, 5.41) is 11.5. The quantitative estimate of drug-likeness (QED) is 0.347. The highest BCUT2D eigenvalue weighted by atomic mass is 35.5. The van der Waals surface area contributed by atoms with E-state index in [1.165, 1.54) is 18.2 Å². The summed E-state index contributed by atoms with van der Waals surface area (Å²) in [5.74, 6) is 1.25. The molecule has 1 saturated heterocycles. The average molecular weight is 480 g/mol. The lowest BCUT2D eigenvalue weighted by molar-refractivity contribution is -0.132. The van der Waals surface area contributed by atoms with Gasteiger partial charge in [-0.25, -0.2) is 0 Å². The van der Waals surface area contributed by atoms with Crippen LogP contribution in [0, 0.1) is 0 Å². The molecule has 8 heteroatoms. The molecule has 1 N–H and O–H groups in total. The van der Waals surface area contributed by atoms with Crippen LogP contribution in [0.3, 0.4) is 0 Å². The highest BCUT2D eigenvalue weighted by molar-refractivity contribution is 7.99. The van der Waals surface area contributed by atoms with Crippen LogP contribution in [-0.2, 0) is 4.79 Å². The molecule has 33 heavy (non-hydrogen) atoms. The van der Waals surface area contributed by atoms with Crippen LogP contribution < -0.4 is 0 Å². The van der Waals surface area contributed by atoms with E-state index in [0.717, 1.165) is 53.8 Å². The molecule has 1 unspecified atom stereocenters. The summed E-state index contributed by atoms with van der Waals surface area (Å²) < 4.78 is 2.01. The fraction of sp³-hybridized carbons (Fsp3) is 0.320. The maximum absolute atomic E-state index is 13.1. The number of nitrogens with one attached hydrogen (secondary N) is 1. The van der Waals surface area contributed by atoms with Crippen LogP contribution in [0.5, 0.6) is 0 Å². The highest BCUT2D eigenvalue weighted by Crippen LogP contribution is 2.33. The summed E-state index contributed by atoms with van der Waals surface area (Å²) >= 11 is 7.58. The minimum Gasteiger partial charge on any atom is -0.360 e. The number of thioether (sulfide) groups is 1. The number of amides is 1. The molecule has 0 spiro atoms. The number of piperidine rings is 1. The number of nitrogens with zero attached hydrogens (tertiary/aromatic N) is 4. The van der Waals surface area contributed by atoms with E-state index in [2.05, 4.69) is 33.1 Å². The number of likely N-dealkylation sites (tertiary alicyclic amines) is 1. The second-order valence-electron chi connectivity index (χ2n) is 8.30. The molecule has 1 amide bonds. The first-order valence-electron chi connectivity index (χ1n) is 11.4. The number of para-hydroxylation sites is 1. The lowest BCUT2D eigenvalue weighted by atomic mass is 10.0. The van der Waals surface area contributed by atoms with E-state index >= 15 is 0 Å². The van der Waals surface area contributed by atoms with Crippen molar-refractivity contribution in [2.75, 3.05) is 12.3 Å². The van der Waals surface area contributed by atoms with Crippen molar-refractivity contribution in [2.24, 2.45) is 0 Å². The van der Waals surface area contributed by atoms with Gasteiger partial charge in [-0.1, -0.05) is 48.5 Å². The summed E-state index contributed by atoms with van der Waals surface area (Å²) in [5.41, 5.74) is 2.91. The van der Waals surface area contributed by atoms with Crippen LogP contribution in [0.25, 0.3) is 28.0 Å². The molecule has 0 bridgehead atoms. The number of halogens is 1. The third kappa shape index (κ3) is 4.39. The van der Waals surface area contributed by atoms with Gasteiger partial charge in [-0.05, 0) is 56.0 Å². The van der Waals surface area contributed by atoms with Gasteiger partial charge in [-0.15, -0.1) is 10.2 Å². The molecule has 0 saturated carbocycles. The van der Waals surface area contributed by atoms with Gasteiger partial charge in [-0.3, -0.25) is 9.36 Å². The Bertz CT molecular complexity index is 1270. The van der Waals surface area contributed by atoms with Crippen molar-refractivity contribution >= 4 is 40.2 Å². The number of carbonyl (C=O) groups excluding carboxylic acids is 1. The lowest BCUT2D eigenvalue weighted by Crippen LogP contribution is -2.44. The first-order valence-corrected chi connectivity index (χ1v) is 12.7. The predicted molar refractivity (Wildman–Crippen MR) is 134 cm³/mol. The molecule has 170 valence electrons. The number of hydrogen-bond donors (Lipinski definition) is 1. The van der Waals surface area contributed by atoms with Crippen molar-refractivity contribution < 1.29 is 4.79 Å². The van der Waals surface area contributed by atoms with Gasteiger partial charge >= 0.3 is 0 Å². The Balaban J connectivity index is 1.49. The molecule has 1 aliphatic heterocycles. The zero-order valence-corrected chi connectivity index (χ0v) is 20.1. The van der Waals surface area contributed by atoms with Crippen LogP contribution in [-0.4, -0.2) is 48.9 Å². The monoisotopic (exact) mass is 479 g/mol. The topological polar surface area (TPSA) is 66.8 Å². The summed E-state index contributed by atoms with van der Waals surface area (Å²) in [6, 6.07) is 16.1. The fourth-order valence-electron chi connectivity index (χ4n) is 4.58. The van der Waals surface area contributed by atoms with Crippen LogP contribution in [0.4, 0.5) is 0 Å². The molecule has 0 aliphatic carbocycles. The zero-order valence-electron chi connectivity index (χ0n) is 18.5. The van der Waals surface area contributed by atoms with Gasteiger partial charge in [0.05, 0.1) is 5.75 Å². The van der Waals surface area contributed by atoms with Crippen molar-refractivity contribution in [1.82, 2.24) is 24.6 Å². The van der Waals surface area contributed by atoms with E-state index in [1.807, 2.05) is 53.2 Å². The number of benzene rings is 2. The summed E-state index contributed by atoms with van der Waals surface area (Å²) in [4.78, 5) is 18.4. The molecular weight excluding hydrogens is 454 g/mol. The Labute approximate surface area is 202 Å². The third-order valence-corrected chi connectivity index (χ3v) is 7.46. The number of H-pyrrole nitrogens is 1. The van der Waals surface area contributed by atoms with Gasteiger partial charge < -0.3 is 9.88 Å². The SMILES string of the molecule is CCC1CCCCN1C(=O)CSc1nnc(-c2c[nH]c3ccccc23)n1-c1ccc(Cl)cc1. The van der Waals surface area contributed by atoms with E-state index in [-0.39, 0.29) is 5.91 Å². The minimum absolute atomic E-state index is 0.172. The first kappa shape index (κ1) is 22.0. The summed E-state index contributed by atoms with van der Waals surface area (Å²) in [6.45, 7) is 3.01. The molecule has 2 aromatic heterocycles. The Hall–Kier alpha value is -2.77. The summed E-state index contributed by atoms with van der Waals surface area (Å²) in [7, 11) is 0. The Morgan fingerprint density at radius 1 is 1.15 bits per heavy atom. The number of aromatic amines is 1. The standard InChI is InChI=1S/C25H26ClN5OS/c1-2-18-7-5-6-14-30(18)23(32)16-33-25-29-28-24(31(25)19-12-10-17(26)11-13-19)21-15-27-22-9-4-3-8-20(21)22/h3-4,8-13,15,18,27H,2,5-7,14,16H2,1H3. The molecule has 4 aromatic rings. The van der Waals surface area contributed by atoms with Crippen molar-refractivity contribution in [2.45, 2.75) is 43.8 Å². The van der Waals surface area contributed by atoms with Crippen molar-refractivity contribution in [3.05, 3.63) is 59.8 Å². The number of fused-ring (bicyclic) bond motifs is 1. The second kappa shape index (κ2) is 9.61. The molecular formula is C25H26ClN5OS. The second-order valence-corrected chi connectivity index (χ2v) is 9.68. The molecule has 6 nitrogen and oxygen atoms in total. The molecule has 2 aromatic carbocycles. The van der Waals surface area contributed by atoms with E-state index in [9.17, 15) is 4.79 Å². The van der Waals surface area contributed by atoms with Crippen LogP contribution in [0.1, 0.15) is 32.6 Å². The smallest absolute Gasteiger partial charge is 0.233 e. The van der Waals surface area contributed by atoms with E-state index in [0.29, 0.717) is 22.0 Å². The maximum atomic E-state index is 13.1. The molecule has 5 rings (SSSR count). The van der Waals surface area contributed by atoms with Crippen molar-refractivity contribution in [1.29, 1.82) is 0 Å². The van der Waals surface area contributed by atoms with E-state index in [1.54, 1.807) is 0 Å². The zero-order chi connectivity index (χ0) is 22.8. The van der Waals surface area contributed by atoms with Gasteiger partial charge in [0.1, 0.15) is 0 Å². The number of hydrogen-bond acceptors (Lipinski definition) is 4. The Kier molecular flexibility index (Phi) is 6.42. The van der Waals surface area contributed by atoms with Crippen molar-refractivity contribution in [3.63, 3.8) is 0 Å². The Morgan fingerprint density at radius 2 is 1.97 bits per heavy atom. The van der Waals surface area contributed by atoms with E-state index < -0.39 is 0 Å². The molecule has 1 fully saturated rings. The van der Waals surface area contributed by atoms with Gasteiger partial charge in [-0.2, -0.15) is 0 Å². The minimum atomic E-state index is 0.172.